The van der Waals surface area contributed by atoms with Gasteiger partial charge in [0.15, 0.2) is 6.61 Å². The number of benzene rings is 3. The summed E-state index contributed by atoms with van der Waals surface area (Å²) in [4.78, 5) is 12.5. The molecule has 176 valence electrons. The Morgan fingerprint density at radius 2 is 1.47 bits per heavy atom. The zero-order valence-electron chi connectivity index (χ0n) is 21.6. The van der Waals surface area contributed by atoms with Gasteiger partial charge in [0, 0.05) is 11.3 Å². The number of hydrogen-bond donors (Lipinski definition) is 1. The van der Waals surface area contributed by atoms with Crippen LogP contribution in [-0.2, 0) is 4.79 Å². The van der Waals surface area contributed by atoms with Crippen LogP contribution in [0, 0.1) is 46.1 Å². The Labute approximate surface area is 205 Å². The van der Waals surface area contributed by atoms with Crippen molar-refractivity contribution in [1.82, 2.24) is 0 Å². The second-order valence-electron chi connectivity index (χ2n) is 10.1. The van der Waals surface area contributed by atoms with Crippen molar-refractivity contribution in [2.45, 2.75) is 54.3 Å². The number of ether oxygens (including phenoxy) is 1. The zero-order chi connectivity index (χ0) is 25.0. The van der Waals surface area contributed by atoms with E-state index >= 15 is 0 Å². The molecule has 4 heteroatoms. The second kappa shape index (κ2) is 10.3. The van der Waals surface area contributed by atoms with Crippen LogP contribution in [0.3, 0.4) is 0 Å². The zero-order valence-corrected chi connectivity index (χ0v) is 22.6. The third kappa shape index (κ3) is 6.62. The predicted molar refractivity (Wildman–Crippen MR) is 146 cm³/mol. The number of carbonyl (C=O) groups is 1. The summed E-state index contributed by atoms with van der Waals surface area (Å²) in [6.45, 7) is 17.2. The van der Waals surface area contributed by atoms with Gasteiger partial charge in [0.2, 0.25) is 0 Å². The first-order valence-corrected chi connectivity index (χ1v) is 15.2. The van der Waals surface area contributed by atoms with Gasteiger partial charge in [0.05, 0.1) is 0 Å². The molecule has 0 heterocycles. The van der Waals surface area contributed by atoms with Crippen LogP contribution in [-0.4, -0.2) is 20.6 Å². The van der Waals surface area contributed by atoms with Crippen molar-refractivity contribution in [3.05, 3.63) is 81.9 Å². The molecule has 3 aromatic carbocycles. The first-order chi connectivity index (χ1) is 15.9. The summed E-state index contributed by atoms with van der Waals surface area (Å²) in [5, 5.41) is 2.90. The lowest BCUT2D eigenvalue weighted by Gasteiger charge is -2.17. The van der Waals surface area contributed by atoms with Crippen molar-refractivity contribution in [2.24, 2.45) is 0 Å². The van der Waals surface area contributed by atoms with Crippen LogP contribution in [0.4, 0.5) is 5.69 Å². The van der Waals surface area contributed by atoms with Gasteiger partial charge >= 0.3 is 0 Å². The summed E-state index contributed by atoms with van der Waals surface area (Å²) in [5.74, 6) is 3.77. The summed E-state index contributed by atoms with van der Waals surface area (Å²) in [6, 6.07) is 16.3. The molecule has 1 amide bonds. The maximum Gasteiger partial charge on any atom is 0.262 e. The van der Waals surface area contributed by atoms with Crippen LogP contribution in [0.1, 0.15) is 33.4 Å². The van der Waals surface area contributed by atoms with Crippen molar-refractivity contribution in [2.75, 3.05) is 11.9 Å². The summed E-state index contributed by atoms with van der Waals surface area (Å²) in [6.07, 6.45) is 0. The van der Waals surface area contributed by atoms with E-state index in [2.05, 4.69) is 82.3 Å². The molecule has 0 aromatic heterocycles. The van der Waals surface area contributed by atoms with E-state index in [1.54, 1.807) is 0 Å². The Hall–Kier alpha value is -3.29. The van der Waals surface area contributed by atoms with Crippen LogP contribution in [0.25, 0.3) is 11.1 Å². The van der Waals surface area contributed by atoms with Gasteiger partial charge in [-0.05, 0) is 104 Å². The van der Waals surface area contributed by atoms with Gasteiger partial charge in [-0.2, -0.15) is 0 Å². The smallest absolute Gasteiger partial charge is 0.262 e. The maximum atomic E-state index is 12.5. The number of amides is 1. The van der Waals surface area contributed by atoms with Gasteiger partial charge in [0.25, 0.3) is 5.91 Å². The highest BCUT2D eigenvalue weighted by atomic mass is 28.3. The molecule has 0 unspecified atom stereocenters. The fourth-order valence-corrected chi connectivity index (χ4v) is 4.58. The second-order valence-corrected chi connectivity index (χ2v) is 14.9. The van der Waals surface area contributed by atoms with Gasteiger partial charge in [-0.25, -0.2) is 0 Å². The number of rotatable bonds is 5. The van der Waals surface area contributed by atoms with Gasteiger partial charge in [0.1, 0.15) is 13.8 Å². The summed E-state index contributed by atoms with van der Waals surface area (Å²) in [7, 11) is -1.41. The molecule has 34 heavy (non-hydrogen) atoms. The van der Waals surface area contributed by atoms with E-state index in [9.17, 15) is 4.79 Å². The largest absolute Gasteiger partial charge is 0.483 e. The molecule has 0 aliphatic rings. The first-order valence-electron chi connectivity index (χ1n) is 11.7. The fraction of sp³-hybridized carbons (Fsp3) is 0.300. The molecule has 3 nitrogen and oxygen atoms in total. The lowest BCUT2D eigenvalue weighted by atomic mass is 9.90. The molecular formula is C30H35NO2Si. The number of nitrogens with one attached hydrogen (secondary N) is 1. The van der Waals surface area contributed by atoms with E-state index in [4.69, 9.17) is 4.74 Å². The topological polar surface area (TPSA) is 38.3 Å². The van der Waals surface area contributed by atoms with Gasteiger partial charge in [-0.15, -0.1) is 5.54 Å². The van der Waals surface area contributed by atoms with E-state index in [1.807, 2.05) is 37.3 Å². The van der Waals surface area contributed by atoms with Crippen molar-refractivity contribution >= 4 is 19.7 Å². The van der Waals surface area contributed by atoms with Crippen LogP contribution in [0.2, 0.25) is 19.6 Å². The Kier molecular flexibility index (Phi) is 7.69. The molecule has 0 aliphatic carbocycles. The summed E-state index contributed by atoms with van der Waals surface area (Å²) in [5.41, 5.74) is 13.5. The van der Waals surface area contributed by atoms with E-state index in [0.29, 0.717) is 0 Å². The molecule has 1 N–H and O–H groups in total. The Morgan fingerprint density at radius 1 is 0.853 bits per heavy atom. The van der Waals surface area contributed by atoms with Crippen LogP contribution >= 0.6 is 0 Å². The van der Waals surface area contributed by atoms with Crippen LogP contribution < -0.4 is 10.1 Å². The quantitative estimate of drug-likeness (QED) is 0.318. The SMILES string of the molecule is Cc1cc(C)c(-c2cc(C)c(OCC(=O)Nc3ccc(C#C[Si](C)(C)C)cc3)cc2C)c(C)c1. The highest BCUT2D eigenvalue weighted by Crippen LogP contribution is 2.34. The molecular weight excluding hydrogens is 434 g/mol. The highest BCUT2D eigenvalue weighted by Gasteiger charge is 2.13. The van der Waals surface area contributed by atoms with E-state index in [0.717, 1.165) is 28.1 Å². The Bertz CT molecular complexity index is 1250. The maximum absolute atomic E-state index is 12.5. The minimum atomic E-state index is -1.41. The molecule has 0 atom stereocenters. The average molecular weight is 470 g/mol. The molecule has 3 aromatic rings. The Morgan fingerprint density at radius 3 is 2.06 bits per heavy atom. The van der Waals surface area contributed by atoms with E-state index < -0.39 is 8.07 Å². The fourth-order valence-electron chi connectivity index (χ4n) is 4.06. The summed E-state index contributed by atoms with van der Waals surface area (Å²) >= 11 is 0. The van der Waals surface area contributed by atoms with Crippen molar-refractivity contribution in [3.63, 3.8) is 0 Å². The minimum absolute atomic E-state index is 0.0423. The first kappa shape index (κ1) is 25.3. The monoisotopic (exact) mass is 469 g/mol. The van der Waals surface area contributed by atoms with Gasteiger partial charge < -0.3 is 10.1 Å². The lowest BCUT2D eigenvalue weighted by Crippen LogP contribution is -2.20. The van der Waals surface area contributed by atoms with Gasteiger partial charge in [-0.3, -0.25) is 4.79 Å². The van der Waals surface area contributed by atoms with Crippen molar-refractivity contribution < 1.29 is 9.53 Å². The normalized spacial score (nSPS) is 10.9. The van der Waals surface area contributed by atoms with E-state index in [-0.39, 0.29) is 12.5 Å². The third-order valence-corrected chi connectivity index (χ3v) is 6.45. The molecule has 0 bridgehead atoms. The number of aryl methyl sites for hydroxylation is 5. The molecule has 0 aliphatic heterocycles. The molecule has 0 spiro atoms. The van der Waals surface area contributed by atoms with Crippen LogP contribution in [0.5, 0.6) is 5.75 Å². The molecule has 0 radical (unpaired) electrons. The molecule has 0 saturated carbocycles. The summed E-state index contributed by atoms with van der Waals surface area (Å²) < 4.78 is 5.89. The van der Waals surface area contributed by atoms with Gasteiger partial charge in [-0.1, -0.05) is 43.3 Å². The minimum Gasteiger partial charge on any atom is -0.483 e. The third-order valence-electron chi connectivity index (χ3n) is 5.58. The average Bonchev–Trinajstić information content (AvgIpc) is 2.73. The number of hydrogen-bond acceptors (Lipinski definition) is 2. The van der Waals surface area contributed by atoms with E-state index in [1.165, 1.54) is 27.8 Å². The molecule has 3 rings (SSSR count). The number of anilines is 1. The lowest BCUT2D eigenvalue weighted by molar-refractivity contribution is -0.118. The van der Waals surface area contributed by atoms with Crippen molar-refractivity contribution in [3.8, 4) is 28.3 Å². The van der Waals surface area contributed by atoms with Crippen LogP contribution in [0.15, 0.2) is 48.5 Å². The highest BCUT2D eigenvalue weighted by molar-refractivity contribution is 6.83. The molecule has 0 saturated heterocycles. The van der Waals surface area contributed by atoms with Crippen molar-refractivity contribution in [1.29, 1.82) is 0 Å². The molecule has 0 fully saturated rings. The standard InChI is InChI=1S/C30H35NO2Si/c1-20-15-23(4)30(24(5)16-20)27-17-22(3)28(18-21(27)2)33-19-29(32)31-26-11-9-25(10-12-26)13-14-34(6,7)8/h9-12,15-18H,19H2,1-8H3,(H,31,32). The number of carbonyl (C=O) groups excluding carboxylic acids is 1. The predicted octanol–water partition coefficient (Wildman–Crippen LogP) is 7.14. The Balaban J connectivity index is 1.67.